The Kier molecular flexibility index (Phi) is 4.89. The van der Waals surface area contributed by atoms with Crippen LogP contribution in [0.5, 0.6) is 0 Å². The molecule has 0 spiro atoms. The van der Waals surface area contributed by atoms with Gasteiger partial charge in [0.2, 0.25) is 0 Å². The third kappa shape index (κ3) is 2.90. The van der Waals surface area contributed by atoms with Crippen molar-refractivity contribution < 1.29 is 4.79 Å². The number of nitrogens with one attached hydrogen (secondary N) is 1. The highest BCUT2D eigenvalue weighted by molar-refractivity contribution is 14.0. The van der Waals surface area contributed by atoms with Gasteiger partial charge in [0, 0.05) is 18.8 Å². The van der Waals surface area contributed by atoms with E-state index in [0.29, 0.717) is 5.56 Å². The van der Waals surface area contributed by atoms with Gasteiger partial charge in [0.05, 0.1) is 11.9 Å². The van der Waals surface area contributed by atoms with Crippen molar-refractivity contribution in [3.63, 3.8) is 0 Å². The second-order valence-corrected chi connectivity index (χ2v) is 4.04. The van der Waals surface area contributed by atoms with Gasteiger partial charge < -0.3 is 5.32 Å². The molecule has 1 N–H and O–H groups in total. The van der Waals surface area contributed by atoms with Gasteiger partial charge in [-0.15, -0.1) is 24.0 Å². The molecule has 0 aliphatic rings. The van der Waals surface area contributed by atoms with Crippen molar-refractivity contribution in [3.05, 3.63) is 47.3 Å². The molecule has 0 atom stereocenters. The molecule has 1 aromatic heterocycles. The molecule has 18 heavy (non-hydrogen) atoms. The molecule has 4 nitrogen and oxygen atoms in total. The fraction of sp³-hybridized carbons (Fsp3) is 0.231. The Labute approximate surface area is 123 Å². The van der Waals surface area contributed by atoms with E-state index in [9.17, 15) is 4.79 Å². The number of nitrogens with zero attached hydrogens (tertiary/aromatic N) is 2. The first kappa shape index (κ1) is 14.7. The predicted octanol–water partition coefficient (Wildman–Crippen LogP) is 2.47. The smallest absolute Gasteiger partial charge is 0.251 e. The number of carbonyl (C=O) groups excluding carboxylic acids is 1. The molecular formula is C13H16IN3O. The highest BCUT2D eigenvalue weighted by Gasteiger charge is 2.08. The number of halogens is 1. The number of hydrogen-bond acceptors (Lipinski definition) is 2. The van der Waals surface area contributed by atoms with E-state index in [2.05, 4.69) is 10.4 Å². The Hall–Kier alpha value is -1.37. The SMILES string of the molecule is CNC(=O)c1ccc(C)c(-n2cc(C)cn2)c1.I. The summed E-state index contributed by atoms with van der Waals surface area (Å²) in [5.41, 5.74) is 3.75. The largest absolute Gasteiger partial charge is 0.355 e. The van der Waals surface area contributed by atoms with Crippen LogP contribution in [0.1, 0.15) is 21.5 Å². The second kappa shape index (κ2) is 5.99. The minimum Gasteiger partial charge on any atom is -0.355 e. The number of rotatable bonds is 2. The van der Waals surface area contributed by atoms with Gasteiger partial charge in [-0.25, -0.2) is 4.68 Å². The van der Waals surface area contributed by atoms with E-state index in [0.717, 1.165) is 16.8 Å². The van der Waals surface area contributed by atoms with Gasteiger partial charge in [0.15, 0.2) is 0 Å². The van der Waals surface area contributed by atoms with Crippen LogP contribution in [0.2, 0.25) is 0 Å². The summed E-state index contributed by atoms with van der Waals surface area (Å²) in [6, 6.07) is 5.59. The van der Waals surface area contributed by atoms with Crippen LogP contribution in [0.15, 0.2) is 30.6 Å². The van der Waals surface area contributed by atoms with Crippen molar-refractivity contribution in [3.8, 4) is 5.69 Å². The summed E-state index contributed by atoms with van der Waals surface area (Å²) in [6.45, 7) is 3.99. The maximum Gasteiger partial charge on any atom is 0.251 e. The molecule has 0 fully saturated rings. The summed E-state index contributed by atoms with van der Waals surface area (Å²) < 4.78 is 1.79. The summed E-state index contributed by atoms with van der Waals surface area (Å²) in [7, 11) is 1.62. The zero-order chi connectivity index (χ0) is 12.4. The molecule has 0 aliphatic carbocycles. The van der Waals surface area contributed by atoms with Gasteiger partial charge in [-0.1, -0.05) is 6.07 Å². The lowest BCUT2D eigenvalue weighted by molar-refractivity contribution is 0.0963. The molecule has 5 heteroatoms. The highest BCUT2D eigenvalue weighted by Crippen LogP contribution is 2.16. The molecule has 2 rings (SSSR count). The van der Waals surface area contributed by atoms with Crippen molar-refractivity contribution in [1.82, 2.24) is 15.1 Å². The summed E-state index contributed by atoms with van der Waals surface area (Å²) in [5, 5.41) is 6.87. The summed E-state index contributed by atoms with van der Waals surface area (Å²) in [6.07, 6.45) is 3.74. The number of aryl methyl sites for hydroxylation is 2. The zero-order valence-electron chi connectivity index (χ0n) is 10.6. The van der Waals surface area contributed by atoms with Gasteiger partial charge in [0.25, 0.3) is 5.91 Å². The van der Waals surface area contributed by atoms with Gasteiger partial charge >= 0.3 is 0 Å². The topological polar surface area (TPSA) is 46.9 Å². The molecular weight excluding hydrogens is 341 g/mol. The van der Waals surface area contributed by atoms with Crippen LogP contribution >= 0.6 is 24.0 Å². The van der Waals surface area contributed by atoms with Crippen LogP contribution < -0.4 is 5.32 Å². The highest BCUT2D eigenvalue weighted by atomic mass is 127. The Morgan fingerprint density at radius 2 is 2.06 bits per heavy atom. The van der Waals surface area contributed by atoms with Gasteiger partial charge in [-0.3, -0.25) is 4.79 Å². The molecule has 2 aromatic rings. The van der Waals surface area contributed by atoms with Crippen LogP contribution in [0.4, 0.5) is 0 Å². The van der Waals surface area contributed by atoms with Crippen molar-refractivity contribution in [2.45, 2.75) is 13.8 Å². The molecule has 96 valence electrons. The second-order valence-electron chi connectivity index (χ2n) is 4.04. The van der Waals surface area contributed by atoms with Crippen LogP contribution in [0, 0.1) is 13.8 Å². The predicted molar refractivity (Wildman–Crippen MR) is 81.8 cm³/mol. The fourth-order valence-electron chi connectivity index (χ4n) is 1.69. The van der Waals surface area contributed by atoms with Crippen LogP contribution in [-0.4, -0.2) is 22.7 Å². The zero-order valence-corrected chi connectivity index (χ0v) is 12.9. The minimum absolute atomic E-state index is 0. The van der Waals surface area contributed by atoms with Gasteiger partial charge in [-0.2, -0.15) is 5.10 Å². The normalized spacial score (nSPS) is 9.72. The molecule has 0 saturated carbocycles. The quantitative estimate of drug-likeness (QED) is 0.840. The number of aromatic nitrogens is 2. The van der Waals surface area contributed by atoms with Crippen molar-refractivity contribution in [1.29, 1.82) is 0 Å². The molecule has 0 aliphatic heterocycles. The van der Waals surface area contributed by atoms with E-state index >= 15 is 0 Å². The Morgan fingerprint density at radius 1 is 1.33 bits per heavy atom. The molecule has 0 saturated heterocycles. The van der Waals surface area contributed by atoms with E-state index in [-0.39, 0.29) is 29.9 Å². The first-order chi connectivity index (χ1) is 8.11. The minimum atomic E-state index is -0.0878. The Balaban J connectivity index is 0.00000162. The van der Waals surface area contributed by atoms with Gasteiger partial charge in [-0.05, 0) is 37.1 Å². The lowest BCUT2D eigenvalue weighted by Gasteiger charge is -2.08. The molecule has 0 bridgehead atoms. The van der Waals surface area contributed by atoms with Crippen LogP contribution in [-0.2, 0) is 0 Å². The maximum absolute atomic E-state index is 11.6. The Morgan fingerprint density at radius 3 is 2.61 bits per heavy atom. The number of benzene rings is 1. The first-order valence-corrected chi connectivity index (χ1v) is 5.46. The lowest BCUT2D eigenvalue weighted by Crippen LogP contribution is -2.18. The molecule has 1 aromatic carbocycles. The fourth-order valence-corrected chi connectivity index (χ4v) is 1.69. The standard InChI is InChI=1S/C13H15N3O.HI/c1-9-7-15-16(8-9)12-6-11(13(17)14-3)5-4-10(12)2;/h4-8H,1-3H3,(H,14,17);1H. The third-order valence-corrected chi connectivity index (χ3v) is 2.66. The molecule has 1 amide bonds. The average molecular weight is 357 g/mol. The number of hydrogen-bond donors (Lipinski definition) is 1. The van der Waals surface area contributed by atoms with E-state index < -0.39 is 0 Å². The monoisotopic (exact) mass is 357 g/mol. The van der Waals surface area contributed by atoms with Crippen LogP contribution in [0.25, 0.3) is 5.69 Å². The van der Waals surface area contributed by atoms with Crippen molar-refractivity contribution in [2.75, 3.05) is 7.05 Å². The third-order valence-electron chi connectivity index (χ3n) is 2.66. The van der Waals surface area contributed by atoms with Gasteiger partial charge in [0.1, 0.15) is 0 Å². The Bertz CT molecular complexity index is 563. The summed E-state index contributed by atoms with van der Waals surface area (Å²) in [5.74, 6) is -0.0878. The van der Waals surface area contributed by atoms with E-state index in [4.69, 9.17) is 0 Å². The molecule has 1 heterocycles. The van der Waals surface area contributed by atoms with Crippen molar-refractivity contribution >= 4 is 29.9 Å². The summed E-state index contributed by atoms with van der Waals surface area (Å²) >= 11 is 0. The maximum atomic E-state index is 11.6. The average Bonchev–Trinajstić information content (AvgIpc) is 2.75. The first-order valence-electron chi connectivity index (χ1n) is 5.46. The van der Waals surface area contributed by atoms with E-state index in [1.54, 1.807) is 17.9 Å². The van der Waals surface area contributed by atoms with Crippen molar-refractivity contribution in [2.24, 2.45) is 0 Å². The number of carbonyl (C=O) groups is 1. The lowest BCUT2D eigenvalue weighted by atomic mass is 10.1. The molecule has 0 radical (unpaired) electrons. The van der Waals surface area contributed by atoms with Crippen LogP contribution in [0.3, 0.4) is 0 Å². The van der Waals surface area contributed by atoms with E-state index in [1.807, 2.05) is 38.2 Å². The molecule has 0 unspecified atom stereocenters. The summed E-state index contributed by atoms with van der Waals surface area (Å²) in [4.78, 5) is 11.6. The number of amides is 1. The van der Waals surface area contributed by atoms with E-state index in [1.165, 1.54) is 0 Å².